The van der Waals surface area contributed by atoms with E-state index in [-0.39, 0.29) is 0 Å². The normalized spacial score (nSPS) is 12.3. The minimum atomic E-state index is 0.737. The lowest BCUT2D eigenvalue weighted by atomic mass is 9.99. The van der Waals surface area contributed by atoms with Gasteiger partial charge in [0.25, 0.3) is 0 Å². The second kappa shape index (κ2) is 8.85. The van der Waals surface area contributed by atoms with Crippen LogP contribution in [0, 0.1) is 5.92 Å². The summed E-state index contributed by atoms with van der Waals surface area (Å²) in [5, 5.41) is 3.53. The van der Waals surface area contributed by atoms with Gasteiger partial charge < -0.3 is 10.1 Å². The molecule has 0 fully saturated rings. The summed E-state index contributed by atoms with van der Waals surface area (Å²) in [6.45, 7) is 5.52. The van der Waals surface area contributed by atoms with Gasteiger partial charge in [0.05, 0.1) is 17.3 Å². The van der Waals surface area contributed by atoms with Gasteiger partial charge in [-0.25, -0.2) is 0 Å². The largest absolute Gasteiger partial charge is 0.495 e. The van der Waals surface area contributed by atoms with Gasteiger partial charge in [0.2, 0.25) is 0 Å². The monoisotopic (exact) mass is 391 g/mol. The first kappa shape index (κ1) is 16.8. The lowest BCUT2D eigenvalue weighted by Gasteiger charge is -2.18. The van der Waals surface area contributed by atoms with Crippen molar-refractivity contribution in [2.24, 2.45) is 5.92 Å². The number of unbranched alkanes of at least 4 members (excludes halogenated alkanes) is 1. The number of hydrogen-bond acceptors (Lipinski definition) is 2. The zero-order chi connectivity index (χ0) is 14.3. The van der Waals surface area contributed by atoms with Crippen LogP contribution in [0.2, 0.25) is 0 Å². The van der Waals surface area contributed by atoms with Crippen molar-refractivity contribution in [3.05, 3.63) is 21.1 Å². The predicted octanol–water partition coefficient (Wildman–Crippen LogP) is 5.85. The summed E-state index contributed by atoms with van der Waals surface area (Å²) >= 11 is 7.07. The third kappa shape index (κ3) is 5.35. The molecule has 1 N–H and O–H groups in total. The summed E-state index contributed by atoms with van der Waals surface area (Å²) in [6.07, 6.45) is 5.10. The van der Waals surface area contributed by atoms with Gasteiger partial charge in [-0.3, -0.25) is 0 Å². The second-order valence-corrected chi connectivity index (χ2v) is 6.47. The van der Waals surface area contributed by atoms with Crippen LogP contribution in [0.3, 0.4) is 0 Å². The Morgan fingerprint density at radius 1 is 1.21 bits per heavy atom. The molecule has 0 bridgehead atoms. The highest BCUT2D eigenvalue weighted by Gasteiger charge is 2.10. The number of halogens is 2. The van der Waals surface area contributed by atoms with Crippen molar-refractivity contribution < 1.29 is 4.74 Å². The van der Waals surface area contributed by atoms with E-state index in [0.717, 1.165) is 32.8 Å². The number of ether oxygens (including phenoxy) is 1. The van der Waals surface area contributed by atoms with Gasteiger partial charge in [0, 0.05) is 17.1 Å². The molecule has 0 amide bonds. The highest BCUT2D eigenvalue weighted by atomic mass is 79.9. The molecule has 1 unspecified atom stereocenters. The lowest BCUT2D eigenvalue weighted by Crippen LogP contribution is -2.14. The van der Waals surface area contributed by atoms with Crippen LogP contribution in [0.1, 0.15) is 39.5 Å². The van der Waals surface area contributed by atoms with Crippen molar-refractivity contribution in [1.82, 2.24) is 0 Å². The Hall–Kier alpha value is -0.220. The number of benzene rings is 1. The molecule has 1 rings (SSSR count). The molecule has 1 aromatic carbocycles. The molecule has 0 aromatic heterocycles. The van der Waals surface area contributed by atoms with Crippen molar-refractivity contribution in [1.29, 1.82) is 0 Å². The molecule has 0 spiro atoms. The van der Waals surface area contributed by atoms with Crippen molar-refractivity contribution in [3.8, 4) is 5.75 Å². The van der Waals surface area contributed by atoms with Gasteiger partial charge in [0.15, 0.2) is 0 Å². The minimum Gasteiger partial charge on any atom is -0.495 e. The Morgan fingerprint density at radius 2 is 1.95 bits per heavy atom. The molecule has 19 heavy (non-hydrogen) atoms. The third-order valence-corrected chi connectivity index (χ3v) is 4.64. The van der Waals surface area contributed by atoms with Gasteiger partial charge in [-0.1, -0.05) is 33.1 Å². The summed E-state index contributed by atoms with van der Waals surface area (Å²) in [5.74, 6) is 1.59. The molecule has 0 radical (unpaired) electrons. The first-order valence-electron chi connectivity index (χ1n) is 6.89. The van der Waals surface area contributed by atoms with Crippen LogP contribution >= 0.6 is 31.9 Å². The molecule has 4 heteroatoms. The van der Waals surface area contributed by atoms with Crippen LogP contribution in [0.5, 0.6) is 5.75 Å². The maximum absolute atomic E-state index is 5.33. The van der Waals surface area contributed by atoms with Crippen molar-refractivity contribution in [2.75, 3.05) is 19.0 Å². The molecule has 2 nitrogen and oxygen atoms in total. The van der Waals surface area contributed by atoms with E-state index in [0.29, 0.717) is 0 Å². The third-order valence-electron chi connectivity index (χ3n) is 3.37. The quantitative estimate of drug-likeness (QED) is 0.599. The fraction of sp³-hybridized carbons (Fsp3) is 0.600. The van der Waals surface area contributed by atoms with Crippen molar-refractivity contribution in [3.63, 3.8) is 0 Å². The van der Waals surface area contributed by atoms with Gasteiger partial charge in [0.1, 0.15) is 5.75 Å². The second-order valence-electron chi connectivity index (χ2n) is 4.76. The molecule has 108 valence electrons. The highest BCUT2D eigenvalue weighted by Crippen LogP contribution is 2.34. The molecule has 0 aliphatic heterocycles. The smallest absolute Gasteiger partial charge is 0.135 e. The summed E-state index contributed by atoms with van der Waals surface area (Å²) in [4.78, 5) is 0. The van der Waals surface area contributed by atoms with E-state index >= 15 is 0 Å². The number of methoxy groups -OCH3 is 1. The van der Waals surface area contributed by atoms with E-state index in [1.165, 1.54) is 25.7 Å². The summed E-state index contributed by atoms with van der Waals surface area (Å²) in [5.41, 5.74) is 1.09. The average molecular weight is 393 g/mol. The highest BCUT2D eigenvalue weighted by molar-refractivity contribution is 9.11. The molecule has 0 aliphatic carbocycles. The van der Waals surface area contributed by atoms with E-state index in [4.69, 9.17) is 4.74 Å². The number of anilines is 1. The van der Waals surface area contributed by atoms with E-state index in [1.807, 2.05) is 12.1 Å². The summed E-state index contributed by atoms with van der Waals surface area (Å²) in [7, 11) is 1.69. The number of hydrogen-bond donors (Lipinski definition) is 1. The first-order chi connectivity index (χ1) is 9.12. The lowest BCUT2D eigenvalue weighted by molar-refractivity contribution is 0.412. The van der Waals surface area contributed by atoms with Crippen LogP contribution in [0.4, 0.5) is 5.69 Å². The Morgan fingerprint density at radius 3 is 2.53 bits per heavy atom. The predicted molar refractivity (Wildman–Crippen MR) is 90.2 cm³/mol. The van der Waals surface area contributed by atoms with Crippen LogP contribution in [0.15, 0.2) is 21.1 Å². The standard InChI is InChI=1S/C15H23Br2NO/c1-4-6-7-11(5-2)10-18-14-9-15(19-3)13(17)8-12(14)16/h8-9,11,18H,4-7,10H2,1-3H3. The molecule has 1 aromatic rings. The Balaban J connectivity index is 2.65. The van der Waals surface area contributed by atoms with E-state index in [9.17, 15) is 0 Å². The Bertz CT molecular complexity index is 396. The number of nitrogens with one attached hydrogen (secondary N) is 1. The molecule has 0 saturated carbocycles. The zero-order valence-corrected chi connectivity index (χ0v) is 15.1. The maximum Gasteiger partial charge on any atom is 0.135 e. The zero-order valence-electron chi connectivity index (χ0n) is 11.9. The minimum absolute atomic E-state index is 0.737. The SMILES string of the molecule is CCCCC(CC)CNc1cc(OC)c(Br)cc1Br. The molecule has 0 heterocycles. The fourth-order valence-corrected chi connectivity index (χ4v) is 3.31. The topological polar surface area (TPSA) is 21.3 Å². The van der Waals surface area contributed by atoms with E-state index in [2.05, 4.69) is 51.0 Å². The Labute approximate surface area is 133 Å². The summed E-state index contributed by atoms with van der Waals surface area (Å²) < 4.78 is 7.36. The van der Waals surface area contributed by atoms with E-state index in [1.54, 1.807) is 7.11 Å². The molecule has 1 atom stereocenters. The van der Waals surface area contributed by atoms with Crippen LogP contribution in [-0.4, -0.2) is 13.7 Å². The molecular formula is C15H23Br2NO. The van der Waals surface area contributed by atoms with Crippen LogP contribution in [-0.2, 0) is 0 Å². The van der Waals surface area contributed by atoms with Gasteiger partial charge in [-0.15, -0.1) is 0 Å². The van der Waals surface area contributed by atoms with Gasteiger partial charge in [-0.2, -0.15) is 0 Å². The summed E-state index contributed by atoms with van der Waals surface area (Å²) in [6, 6.07) is 4.05. The fourth-order valence-electron chi connectivity index (χ4n) is 2.02. The van der Waals surface area contributed by atoms with Crippen molar-refractivity contribution in [2.45, 2.75) is 39.5 Å². The molecule has 0 saturated heterocycles. The molecule has 0 aliphatic rings. The Kier molecular flexibility index (Phi) is 7.84. The number of rotatable bonds is 8. The van der Waals surface area contributed by atoms with Crippen LogP contribution in [0.25, 0.3) is 0 Å². The van der Waals surface area contributed by atoms with Crippen LogP contribution < -0.4 is 10.1 Å². The first-order valence-corrected chi connectivity index (χ1v) is 8.47. The van der Waals surface area contributed by atoms with E-state index < -0.39 is 0 Å². The van der Waals surface area contributed by atoms with Gasteiger partial charge >= 0.3 is 0 Å². The van der Waals surface area contributed by atoms with Crippen molar-refractivity contribution >= 4 is 37.5 Å². The average Bonchev–Trinajstić information content (AvgIpc) is 2.41. The van der Waals surface area contributed by atoms with Gasteiger partial charge in [-0.05, 0) is 50.3 Å². The maximum atomic E-state index is 5.33. The molecular weight excluding hydrogens is 370 g/mol.